The molecular formula is C14H16N4O3S. The molecule has 1 unspecified atom stereocenters. The Morgan fingerprint density at radius 2 is 2.18 bits per heavy atom. The van der Waals surface area contributed by atoms with E-state index >= 15 is 0 Å². The van der Waals surface area contributed by atoms with E-state index in [0.717, 1.165) is 17.6 Å². The number of nitrogens with zero attached hydrogens (tertiary/aromatic N) is 2. The van der Waals surface area contributed by atoms with E-state index in [1.165, 1.54) is 0 Å². The average Bonchev–Trinajstić information content (AvgIpc) is 2.94. The van der Waals surface area contributed by atoms with Crippen molar-refractivity contribution in [3.63, 3.8) is 0 Å². The summed E-state index contributed by atoms with van der Waals surface area (Å²) in [5.74, 6) is 0.321. The number of carbonyl (C=O) groups is 1. The third-order valence-electron chi connectivity index (χ3n) is 3.61. The SMILES string of the molecule is Cn1ccnc1CC1C(=O)Nc2ccc(NS(C)(=O)=O)cc21. The van der Waals surface area contributed by atoms with E-state index in [1.54, 1.807) is 24.4 Å². The molecular weight excluding hydrogens is 304 g/mol. The molecule has 2 N–H and O–H groups in total. The number of carbonyl (C=O) groups excluding carboxylic acids is 1. The summed E-state index contributed by atoms with van der Waals surface area (Å²) in [4.78, 5) is 16.4. The van der Waals surface area contributed by atoms with Gasteiger partial charge < -0.3 is 9.88 Å². The predicted molar refractivity (Wildman–Crippen MR) is 83.2 cm³/mol. The van der Waals surface area contributed by atoms with Crippen LogP contribution >= 0.6 is 0 Å². The van der Waals surface area contributed by atoms with E-state index in [9.17, 15) is 13.2 Å². The van der Waals surface area contributed by atoms with Crippen molar-refractivity contribution in [2.24, 2.45) is 7.05 Å². The standard InChI is InChI=1S/C14H16N4O3S/c1-18-6-5-15-13(18)8-11-10-7-9(17-22(2,20)21)3-4-12(10)16-14(11)19/h3-7,11,17H,8H2,1-2H3,(H,16,19). The number of fused-ring (bicyclic) bond motifs is 1. The topological polar surface area (TPSA) is 93.1 Å². The molecule has 0 fully saturated rings. The second-order valence-electron chi connectivity index (χ2n) is 5.38. The van der Waals surface area contributed by atoms with Crippen LogP contribution in [0.25, 0.3) is 0 Å². The van der Waals surface area contributed by atoms with Gasteiger partial charge >= 0.3 is 0 Å². The molecule has 0 radical (unpaired) electrons. The Morgan fingerprint density at radius 1 is 1.41 bits per heavy atom. The molecule has 1 amide bonds. The van der Waals surface area contributed by atoms with Crippen LogP contribution in [-0.2, 0) is 28.3 Å². The van der Waals surface area contributed by atoms with Crippen LogP contribution in [0.1, 0.15) is 17.3 Å². The van der Waals surface area contributed by atoms with Gasteiger partial charge in [-0.15, -0.1) is 0 Å². The van der Waals surface area contributed by atoms with E-state index in [1.807, 2.05) is 17.8 Å². The van der Waals surface area contributed by atoms with Crippen molar-refractivity contribution in [2.45, 2.75) is 12.3 Å². The van der Waals surface area contributed by atoms with E-state index in [2.05, 4.69) is 15.0 Å². The molecule has 1 aromatic heterocycles. The third-order valence-corrected chi connectivity index (χ3v) is 4.22. The molecule has 1 atom stereocenters. The summed E-state index contributed by atoms with van der Waals surface area (Å²) in [6, 6.07) is 5.03. The number of hydrogen-bond acceptors (Lipinski definition) is 4. The second kappa shape index (κ2) is 5.13. The Balaban J connectivity index is 1.93. The van der Waals surface area contributed by atoms with Crippen LogP contribution in [0.15, 0.2) is 30.6 Å². The van der Waals surface area contributed by atoms with Gasteiger partial charge in [0.1, 0.15) is 5.82 Å². The van der Waals surface area contributed by atoms with Crippen molar-refractivity contribution < 1.29 is 13.2 Å². The normalized spacial score (nSPS) is 17.2. The largest absolute Gasteiger partial charge is 0.338 e. The zero-order chi connectivity index (χ0) is 15.9. The zero-order valence-electron chi connectivity index (χ0n) is 12.2. The first-order valence-electron chi connectivity index (χ1n) is 6.72. The number of sulfonamides is 1. The predicted octanol–water partition coefficient (Wildman–Crippen LogP) is 1.07. The molecule has 1 aromatic carbocycles. The van der Waals surface area contributed by atoms with Crippen LogP contribution in [0.2, 0.25) is 0 Å². The van der Waals surface area contributed by atoms with Crippen LogP contribution < -0.4 is 10.0 Å². The van der Waals surface area contributed by atoms with Gasteiger partial charge in [-0.2, -0.15) is 0 Å². The van der Waals surface area contributed by atoms with Crippen molar-refractivity contribution in [3.8, 4) is 0 Å². The number of hydrogen-bond donors (Lipinski definition) is 2. The van der Waals surface area contributed by atoms with Gasteiger partial charge in [-0.1, -0.05) is 0 Å². The molecule has 2 aromatic rings. The number of aryl methyl sites for hydroxylation is 1. The Kier molecular flexibility index (Phi) is 3.40. The Hall–Kier alpha value is -2.35. The first-order valence-corrected chi connectivity index (χ1v) is 8.61. The molecule has 2 heterocycles. The summed E-state index contributed by atoms with van der Waals surface area (Å²) in [6.45, 7) is 0. The number of imidazole rings is 1. The Morgan fingerprint density at radius 3 is 2.82 bits per heavy atom. The Bertz CT molecular complexity index is 842. The van der Waals surface area contributed by atoms with Gasteiger partial charge in [-0.3, -0.25) is 9.52 Å². The van der Waals surface area contributed by atoms with Crippen molar-refractivity contribution in [1.29, 1.82) is 0 Å². The lowest BCUT2D eigenvalue weighted by Gasteiger charge is -2.10. The minimum absolute atomic E-state index is 0.102. The molecule has 7 nitrogen and oxygen atoms in total. The first-order chi connectivity index (χ1) is 10.3. The van der Waals surface area contributed by atoms with Gasteiger partial charge in [0, 0.05) is 37.2 Å². The molecule has 1 aliphatic rings. The maximum Gasteiger partial charge on any atom is 0.232 e. The lowest BCUT2D eigenvalue weighted by Crippen LogP contribution is -2.16. The van der Waals surface area contributed by atoms with Crippen molar-refractivity contribution in [3.05, 3.63) is 42.0 Å². The summed E-state index contributed by atoms with van der Waals surface area (Å²) < 4.78 is 27.0. The summed E-state index contributed by atoms with van der Waals surface area (Å²) in [6.07, 6.45) is 5.06. The molecule has 8 heteroatoms. The van der Waals surface area contributed by atoms with Gasteiger partial charge in [0.2, 0.25) is 15.9 Å². The fourth-order valence-corrected chi connectivity index (χ4v) is 3.14. The highest BCUT2D eigenvalue weighted by Crippen LogP contribution is 2.36. The van der Waals surface area contributed by atoms with Crippen LogP contribution in [0.5, 0.6) is 0 Å². The molecule has 0 aliphatic carbocycles. The van der Waals surface area contributed by atoms with E-state index in [0.29, 0.717) is 17.8 Å². The molecule has 0 spiro atoms. The maximum absolute atomic E-state index is 12.2. The van der Waals surface area contributed by atoms with Crippen LogP contribution in [-0.4, -0.2) is 30.1 Å². The molecule has 1 aliphatic heterocycles. The van der Waals surface area contributed by atoms with E-state index in [-0.39, 0.29) is 11.8 Å². The van der Waals surface area contributed by atoms with Crippen molar-refractivity contribution >= 4 is 27.3 Å². The highest BCUT2D eigenvalue weighted by Gasteiger charge is 2.31. The fourth-order valence-electron chi connectivity index (χ4n) is 2.58. The first kappa shape index (κ1) is 14.6. The number of anilines is 2. The fraction of sp³-hybridized carbons (Fsp3) is 0.286. The van der Waals surface area contributed by atoms with Gasteiger partial charge in [0.25, 0.3) is 0 Å². The number of benzene rings is 1. The molecule has 0 bridgehead atoms. The second-order valence-corrected chi connectivity index (χ2v) is 7.13. The van der Waals surface area contributed by atoms with Crippen LogP contribution in [0, 0.1) is 0 Å². The van der Waals surface area contributed by atoms with Crippen molar-refractivity contribution in [2.75, 3.05) is 16.3 Å². The highest BCUT2D eigenvalue weighted by atomic mass is 32.2. The number of nitrogens with one attached hydrogen (secondary N) is 2. The van der Waals surface area contributed by atoms with Crippen molar-refractivity contribution in [1.82, 2.24) is 9.55 Å². The number of amides is 1. The van der Waals surface area contributed by atoms with Gasteiger partial charge in [0.05, 0.1) is 12.2 Å². The molecule has 0 saturated carbocycles. The zero-order valence-corrected chi connectivity index (χ0v) is 13.0. The van der Waals surface area contributed by atoms with E-state index < -0.39 is 10.0 Å². The molecule has 22 heavy (non-hydrogen) atoms. The quantitative estimate of drug-likeness (QED) is 0.881. The molecule has 0 saturated heterocycles. The maximum atomic E-state index is 12.2. The average molecular weight is 320 g/mol. The van der Waals surface area contributed by atoms with E-state index in [4.69, 9.17) is 0 Å². The van der Waals surface area contributed by atoms with Gasteiger partial charge in [-0.25, -0.2) is 13.4 Å². The molecule has 116 valence electrons. The molecule has 3 rings (SSSR count). The number of aromatic nitrogens is 2. The monoisotopic (exact) mass is 320 g/mol. The minimum atomic E-state index is -3.35. The lowest BCUT2D eigenvalue weighted by molar-refractivity contribution is -0.117. The van der Waals surface area contributed by atoms with Gasteiger partial charge in [0.15, 0.2) is 0 Å². The lowest BCUT2D eigenvalue weighted by atomic mass is 9.96. The summed E-state index contributed by atoms with van der Waals surface area (Å²) in [5.41, 5.74) is 1.94. The minimum Gasteiger partial charge on any atom is -0.338 e. The smallest absolute Gasteiger partial charge is 0.232 e. The summed E-state index contributed by atoms with van der Waals surface area (Å²) >= 11 is 0. The van der Waals surface area contributed by atoms with Gasteiger partial charge in [-0.05, 0) is 23.8 Å². The highest BCUT2D eigenvalue weighted by molar-refractivity contribution is 7.92. The summed E-state index contributed by atoms with van der Waals surface area (Å²) in [5, 5.41) is 2.82. The number of rotatable bonds is 4. The third kappa shape index (κ3) is 2.82. The van der Waals surface area contributed by atoms with Crippen LogP contribution in [0.4, 0.5) is 11.4 Å². The van der Waals surface area contributed by atoms with Crippen LogP contribution in [0.3, 0.4) is 0 Å². The Labute approximate surface area is 128 Å². The summed E-state index contributed by atoms with van der Waals surface area (Å²) in [7, 11) is -1.48.